The van der Waals surface area contributed by atoms with Crippen molar-refractivity contribution in [3.8, 4) is 0 Å². The molecule has 15 heavy (non-hydrogen) atoms. The molecule has 1 atom stereocenters. The van der Waals surface area contributed by atoms with E-state index in [1.54, 1.807) is 4.90 Å². The fourth-order valence-electron chi connectivity index (χ4n) is 1.80. The van der Waals surface area contributed by atoms with Gasteiger partial charge in [0.15, 0.2) is 0 Å². The number of likely N-dealkylation sites (tertiary alicyclic amines) is 1. The van der Waals surface area contributed by atoms with E-state index in [-0.39, 0.29) is 22.9 Å². The predicted octanol–water partition coefficient (Wildman–Crippen LogP) is 0.282. The van der Waals surface area contributed by atoms with Crippen molar-refractivity contribution in [1.82, 2.24) is 4.90 Å². The molecule has 5 heteroatoms. The molecule has 86 valence electrons. The van der Waals surface area contributed by atoms with Gasteiger partial charge in [-0.05, 0) is 19.3 Å². The third-order valence-electron chi connectivity index (χ3n) is 2.83. The summed E-state index contributed by atoms with van der Waals surface area (Å²) in [5.74, 6) is -0.327. The third kappa shape index (κ3) is 3.14. The van der Waals surface area contributed by atoms with Crippen LogP contribution in [0.15, 0.2) is 0 Å². The molecule has 0 saturated carbocycles. The van der Waals surface area contributed by atoms with E-state index in [2.05, 4.69) is 0 Å². The number of aliphatic hydroxyl groups excluding tert-OH is 1. The molecule has 0 spiro atoms. The number of carbonyl (C=O) groups is 1. The number of piperidine rings is 1. The summed E-state index contributed by atoms with van der Waals surface area (Å²) < 4.78 is 0. The van der Waals surface area contributed by atoms with E-state index in [9.17, 15) is 9.90 Å². The molecule has 1 rings (SSSR count). The first kappa shape index (κ1) is 12.4. The summed E-state index contributed by atoms with van der Waals surface area (Å²) in [7, 11) is 0. The molecule has 1 unspecified atom stereocenters. The van der Waals surface area contributed by atoms with Crippen molar-refractivity contribution in [2.45, 2.75) is 32.3 Å². The summed E-state index contributed by atoms with van der Waals surface area (Å²) >= 11 is 4.87. The van der Waals surface area contributed by atoms with Crippen molar-refractivity contribution in [2.24, 2.45) is 11.7 Å². The van der Waals surface area contributed by atoms with Crippen LogP contribution in [-0.2, 0) is 4.79 Å². The lowest BCUT2D eigenvalue weighted by atomic mass is 10.0. The normalized spacial score (nSPS) is 20.0. The predicted molar refractivity (Wildman–Crippen MR) is 62.4 cm³/mol. The van der Waals surface area contributed by atoms with Gasteiger partial charge >= 0.3 is 0 Å². The molecule has 0 aromatic heterocycles. The van der Waals surface area contributed by atoms with Crippen molar-refractivity contribution in [2.75, 3.05) is 13.1 Å². The maximum atomic E-state index is 12.0. The Bertz CT molecular complexity index is 250. The molecule has 0 aromatic rings. The minimum absolute atomic E-state index is 0.0110. The number of nitrogens with zero attached hydrogens (tertiary/aromatic N) is 1. The quantitative estimate of drug-likeness (QED) is 0.684. The lowest BCUT2D eigenvalue weighted by Crippen LogP contribution is -2.45. The minimum Gasteiger partial charge on any atom is -0.393 e. The zero-order chi connectivity index (χ0) is 11.4. The number of rotatable bonds is 3. The summed E-state index contributed by atoms with van der Waals surface area (Å²) in [5, 5.41) is 9.33. The first-order valence-electron chi connectivity index (χ1n) is 5.32. The average molecular weight is 230 g/mol. The Balaban J connectivity index is 2.55. The van der Waals surface area contributed by atoms with Gasteiger partial charge in [0.25, 0.3) is 0 Å². The molecule has 1 heterocycles. The van der Waals surface area contributed by atoms with Crippen LogP contribution in [0.25, 0.3) is 0 Å². The molecule has 4 nitrogen and oxygen atoms in total. The fraction of sp³-hybridized carbons (Fsp3) is 0.800. The highest BCUT2D eigenvalue weighted by Crippen LogP contribution is 2.15. The van der Waals surface area contributed by atoms with E-state index < -0.39 is 0 Å². The van der Waals surface area contributed by atoms with E-state index in [1.165, 1.54) is 0 Å². The molecular formula is C10H18N2O2S. The first-order valence-corrected chi connectivity index (χ1v) is 5.73. The van der Waals surface area contributed by atoms with Gasteiger partial charge < -0.3 is 15.7 Å². The van der Waals surface area contributed by atoms with E-state index in [4.69, 9.17) is 18.0 Å². The molecule has 0 aliphatic carbocycles. The molecule has 0 aromatic carbocycles. The second-order valence-corrected chi connectivity index (χ2v) is 4.39. The number of thiocarbonyl (C=S) groups is 1. The first-order chi connectivity index (χ1) is 7.06. The van der Waals surface area contributed by atoms with Crippen LogP contribution in [0.4, 0.5) is 0 Å². The van der Waals surface area contributed by atoms with Crippen LogP contribution in [0.3, 0.4) is 0 Å². The fourth-order valence-corrected chi connectivity index (χ4v) is 2.07. The van der Waals surface area contributed by atoms with Gasteiger partial charge in [-0.2, -0.15) is 0 Å². The zero-order valence-electron chi connectivity index (χ0n) is 8.98. The van der Waals surface area contributed by atoms with Gasteiger partial charge in [0.1, 0.15) is 0 Å². The molecule has 1 saturated heterocycles. The van der Waals surface area contributed by atoms with Crippen LogP contribution in [0.1, 0.15) is 26.2 Å². The maximum Gasteiger partial charge on any atom is 0.232 e. The van der Waals surface area contributed by atoms with Crippen LogP contribution < -0.4 is 5.73 Å². The highest BCUT2D eigenvalue weighted by atomic mass is 32.1. The van der Waals surface area contributed by atoms with Crippen LogP contribution in [-0.4, -0.2) is 40.1 Å². The summed E-state index contributed by atoms with van der Waals surface area (Å²) in [5.41, 5.74) is 5.52. The van der Waals surface area contributed by atoms with Crippen molar-refractivity contribution < 1.29 is 9.90 Å². The van der Waals surface area contributed by atoms with E-state index in [0.717, 1.165) is 0 Å². The van der Waals surface area contributed by atoms with Gasteiger partial charge in [-0.1, -0.05) is 19.1 Å². The molecule has 1 aliphatic heterocycles. The second kappa shape index (κ2) is 5.42. The zero-order valence-corrected chi connectivity index (χ0v) is 9.80. The topological polar surface area (TPSA) is 66.6 Å². The van der Waals surface area contributed by atoms with Crippen molar-refractivity contribution >= 4 is 23.1 Å². The summed E-state index contributed by atoms with van der Waals surface area (Å²) in [6.07, 6.45) is 1.69. The molecular weight excluding hydrogens is 212 g/mol. The lowest BCUT2D eigenvalue weighted by Gasteiger charge is -2.32. The Morgan fingerprint density at radius 1 is 1.60 bits per heavy atom. The Morgan fingerprint density at radius 2 is 2.13 bits per heavy atom. The third-order valence-corrected chi connectivity index (χ3v) is 3.11. The Kier molecular flexibility index (Phi) is 4.47. The highest BCUT2D eigenvalue weighted by Gasteiger charge is 2.27. The largest absolute Gasteiger partial charge is 0.393 e. The van der Waals surface area contributed by atoms with E-state index >= 15 is 0 Å². The molecule has 0 radical (unpaired) electrons. The van der Waals surface area contributed by atoms with Crippen molar-refractivity contribution in [3.63, 3.8) is 0 Å². The van der Waals surface area contributed by atoms with E-state index in [0.29, 0.717) is 32.4 Å². The summed E-state index contributed by atoms with van der Waals surface area (Å²) in [4.78, 5) is 14.0. The molecule has 1 aliphatic rings. The number of carbonyl (C=O) groups excluding carboxylic acids is 1. The Hall–Kier alpha value is -0.680. The van der Waals surface area contributed by atoms with Gasteiger partial charge in [-0.25, -0.2) is 0 Å². The van der Waals surface area contributed by atoms with Gasteiger partial charge in [0.2, 0.25) is 5.91 Å². The van der Waals surface area contributed by atoms with Gasteiger partial charge in [-0.3, -0.25) is 4.79 Å². The van der Waals surface area contributed by atoms with Crippen LogP contribution >= 0.6 is 12.2 Å². The molecule has 1 amide bonds. The lowest BCUT2D eigenvalue weighted by molar-refractivity contribution is -0.135. The summed E-state index contributed by atoms with van der Waals surface area (Å²) in [6, 6.07) is 0. The number of aliphatic hydroxyl groups is 1. The maximum absolute atomic E-state index is 12.0. The van der Waals surface area contributed by atoms with Crippen molar-refractivity contribution in [1.29, 1.82) is 0 Å². The molecule has 0 bridgehead atoms. The monoisotopic (exact) mass is 230 g/mol. The van der Waals surface area contributed by atoms with Gasteiger partial charge in [0.05, 0.1) is 17.0 Å². The highest BCUT2D eigenvalue weighted by molar-refractivity contribution is 7.80. The number of hydrogen-bond donors (Lipinski definition) is 2. The number of amides is 1. The standard InChI is InChI=1S/C10H18N2O2S/c1-2-8(9(11)15)10(14)12-5-3-7(13)4-6-12/h7-8,13H,2-6H2,1H3,(H2,11,15). The SMILES string of the molecule is CCC(C(=O)N1CCC(O)CC1)C(N)=S. The second-order valence-electron chi connectivity index (χ2n) is 3.92. The Morgan fingerprint density at radius 3 is 2.53 bits per heavy atom. The van der Waals surface area contributed by atoms with Crippen molar-refractivity contribution in [3.05, 3.63) is 0 Å². The number of nitrogens with two attached hydrogens (primary N) is 1. The number of hydrogen-bond acceptors (Lipinski definition) is 3. The molecule has 3 N–H and O–H groups in total. The summed E-state index contributed by atoms with van der Waals surface area (Å²) in [6.45, 7) is 3.12. The average Bonchev–Trinajstić information content (AvgIpc) is 2.19. The molecule has 1 fully saturated rings. The Labute approximate surface area is 95.4 Å². The van der Waals surface area contributed by atoms with Crippen LogP contribution in [0, 0.1) is 5.92 Å². The van der Waals surface area contributed by atoms with E-state index in [1.807, 2.05) is 6.92 Å². The van der Waals surface area contributed by atoms with Crippen LogP contribution in [0.2, 0.25) is 0 Å². The smallest absolute Gasteiger partial charge is 0.232 e. The van der Waals surface area contributed by atoms with Crippen LogP contribution in [0.5, 0.6) is 0 Å². The van der Waals surface area contributed by atoms with Gasteiger partial charge in [-0.15, -0.1) is 0 Å². The van der Waals surface area contributed by atoms with Gasteiger partial charge in [0, 0.05) is 13.1 Å². The minimum atomic E-state index is -0.338.